The van der Waals surface area contributed by atoms with Crippen LogP contribution in [0.3, 0.4) is 0 Å². The predicted molar refractivity (Wildman–Crippen MR) is 78.5 cm³/mol. The summed E-state index contributed by atoms with van der Waals surface area (Å²) in [5.74, 6) is 0.579. The fourth-order valence-electron chi connectivity index (χ4n) is 2.47. The molecule has 2 atom stereocenters. The van der Waals surface area contributed by atoms with Gasteiger partial charge in [-0.3, -0.25) is 5.32 Å². The van der Waals surface area contributed by atoms with Crippen molar-refractivity contribution in [3.05, 3.63) is 59.7 Å². The van der Waals surface area contributed by atoms with Gasteiger partial charge < -0.3 is 9.26 Å². The average molecular weight is 303 g/mol. The number of benzene rings is 1. The molecule has 5 nitrogen and oxygen atoms in total. The Morgan fingerprint density at radius 2 is 2.27 bits per heavy atom. The molecule has 2 heterocycles. The number of allylic oxidation sites excluding steroid dienone is 1. The zero-order chi connectivity index (χ0) is 15.4. The van der Waals surface area contributed by atoms with E-state index in [4.69, 9.17) is 9.26 Å². The Labute approximate surface area is 128 Å². The van der Waals surface area contributed by atoms with Crippen molar-refractivity contribution in [3.63, 3.8) is 0 Å². The number of rotatable bonds is 5. The summed E-state index contributed by atoms with van der Waals surface area (Å²) in [5.41, 5.74) is 0.495. The SMILES string of the molecule is Cc1nc([C@@H](NC[C@@H]2CCC=CO2)c2ccccc2F)no1. The first-order valence-electron chi connectivity index (χ1n) is 7.32. The summed E-state index contributed by atoms with van der Waals surface area (Å²) < 4.78 is 24.7. The van der Waals surface area contributed by atoms with Gasteiger partial charge in [-0.05, 0) is 25.0 Å². The van der Waals surface area contributed by atoms with Gasteiger partial charge in [-0.15, -0.1) is 0 Å². The summed E-state index contributed by atoms with van der Waals surface area (Å²) >= 11 is 0. The first-order valence-corrected chi connectivity index (χ1v) is 7.32. The molecular formula is C16H18FN3O2. The number of halogens is 1. The third kappa shape index (κ3) is 3.33. The molecule has 1 aromatic heterocycles. The van der Waals surface area contributed by atoms with Crippen LogP contribution in [0.2, 0.25) is 0 Å². The first-order chi connectivity index (χ1) is 10.7. The standard InChI is InChI=1S/C16H18FN3O2/c1-11-19-16(20-22-11)15(13-7-2-3-8-14(13)17)18-10-12-6-4-5-9-21-12/h2-3,5,7-9,12,15,18H,4,6,10H2,1H3/t12-,15-/m0/s1. The second-order valence-corrected chi connectivity index (χ2v) is 5.24. The molecule has 1 aromatic carbocycles. The number of hydrogen-bond donors (Lipinski definition) is 1. The molecule has 2 aromatic rings. The Bertz CT molecular complexity index is 656. The van der Waals surface area contributed by atoms with Gasteiger partial charge in [-0.25, -0.2) is 4.39 Å². The third-order valence-corrected chi connectivity index (χ3v) is 3.59. The number of aryl methyl sites for hydroxylation is 1. The molecule has 0 aliphatic carbocycles. The Hall–Kier alpha value is -2.21. The highest BCUT2D eigenvalue weighted by atomic mass is 19.1. The summed E-state index contributed by atoms with van der Waals surface area (Å²) in [6.07, 6.45) is 5.68. The van der Waals surface area contributed by atoms with Crippen LogP contribution in [0.15, 0.2) is 41.1 Å². The summed E-state index contributed by atoms with van der Waals surface area (Å²) in [4.78, 5) is 4.23. The summed E-state index contributed by atoms with van der Waals surface area (Å²) in [5, 5.41) is 7.22. The van der Waals surface area contributed by atoms with Crippen molar-refractivity contribution >= 4 is 0 Å². The molecule has 1 aliphatic rings. The summed E-state index contributed by atoms with van der Waals surface area (Å²) in [7, 11) is 0. The minimum atomic E-state index is -0.465. The number of hydrogen-bond acceptors (Lipinski definition) is 5. The molecule has 3 rings (SSSR count). The van der Waals surface area contributed by atoms with Gasteiger partial charge in [-0.1, -0.05) is 23.4 Å². The molecule has 0 amide bonds. The van der Waals surface area contributed by atoms with E-state index in [0.717, 1.165) is 12.8 Å². The van der Waals surface area contributed by atoms with E-state index >= 15 is 0 Å². The molecule has 1 aliphatic heterocycles. The predicted octanol–water partition coefficient (Wildman–Crippen LogP) is 2.89. The summed E-state index contributed by atoms with van der Waals surface area (Å²) in [6, 6.07) is 6.14. The molecule has 0 bridgehead atoms. The van der Waals surface area contributed by atoms with Crippen LogP contribution in [0.5, 0.6) is 0 Å². The highest BCUT2D eigenvalue weighted by Gasteiger charge is 2.24. The van der Waals surface area contributed by atoms with E-state index < -0.39 is 6.04 Å². The maximum atomic E-state index is 14.1. The van der Waals surface area contributed by atoms with E-state index in [1.54, 1.807) is 31.4 Å². The van der Waals surface area contributed by atoms with E-state index in [1.807, 2.05) is 6.08 Å². The molecule has 0 spiro atoms. The number of aromatic nitrogens is 2. The fourth-order valence-corrected chi connectivity index (χ4v) is 2.47. The second kappa shape index (κ2) is 6.70. The topological polar surface area (TPSA) is 60.2 Å². The Kier molecular flexibility index (Phi) is 4.48. The van der Waals surface area contributed by atoms with E-state index in [2.05, 4.69) is 15.5 Å². The van der Waals surface area contributed by atoms with Gasteiger partial charge in [0.15, 0.2) is 5.82 Å². The summed E-state index contributed by atoms with van der Waals surface area (Å²) in [6.45, 7) is 2.29. The van der Waals surface area contributed by atoms with Crippen molar-refractivity contribution < 1.29 is 13.7 Å². The van der Waals surface area contributed by atoms with Crippen molar-refractivity contribution in [1.82, 2.24) is 15.5 Å². The van der Waals surface area contributed by atoms with Crippen LogP contribution in [-0.2, 0) is 4.74 Å². The maximum Gasteiger partial charge on any atom is 0.223 e. The second-order valence-electron chi connectivity index (χ2n) is 5.24. The zero-order valence-corrected chi connectivity index (χ0v) is 12.3. The lowest BCUT2D eigenvalue weighted by molar-refractivity contribution is 0.120. The fraction of sp³-hybridized carbons (Fsp3) is 0.375. The lowest BCUT2D eigenvalue weighted by Gasteiger charge is -2.23. The van der Waals surface area contributed by atoms with E-state index in [-0.39, 0.29) is 11.9 Å². The smallest absolute Gasteiger partial charge is 0.223 e. The zero-order valence-electron chi connectivity index (χ0n) is 12.3. The van der Waals surface area contributed by atoms with Crippen LogP contribution in [0.1, 0.15) is 36.2 Å². The molecule has 0 saturated heterocycles. The number of nitrogens with zero attached hydrogens (tertiary/aromatic N) is 2. The van der Waals surface area contributed by atoms with Gasteiger partial charge >= 0.3 is 0 Å². The molecule has 116 valence electrons. The third-order valence-electron chi connectivity index (χ3n) is 3.59. The van der Waals surface area contributed by atoms with Gasteiger partial charge in [0.25, 0.3) is 0 Å². The minimum absolute atomic E-state index is 0.0623. The molecule has 1 N–H and O–H groups in total. The van der Waals surface area contributed by atoms with E-state index in [0.29, 0.717) is 23.8 Å². The maximum absolute atomic E-state index is 14.1. The van der Waals surface area contributed by atoms with E-state index in [9.17, 15) is 4.39 Å². The van der Waals surface area contributed by atoms with Gasteiger partial charge in [0, 0.05) is 19.0 Å². The molecule has 0 unspecified atom stereocenters. The van der Waals surface area contributed by atoms with Crippen LogP contribution in [0.25, 0.3) is 0 Å². The molecule has 0 radical (unpaired) electrons. The quantitative estimate of drug-likeness (QED) is 0.920. The Morgan fingerprint density at radius 3 is 2.95 bits per heavy atom. The van der Waals surface area contributed by atoms with Crippen LogP contribution in [0.4, 0.5) is 4.39 Å². The Balaban J connectivity index is 1.80. The lowest BCUT2D eigenvalue weighted by Crippen LogP contribution is -2.33. The van der Waals surface area contributed by atoms with Gasteiger partial charge in [-0.2, -0.15) is 4.98 Å². The molecule has 0 saturated carbocycles. The lowest BCUT2D eigenvalue weighted by atomic mass is 10.0. The van der Waals surface area contributed by atoms with Gasteiger partial charge in [0.1, 0.15) is 11.9 Å². The molecule has 22 heavy (non-hydrogen) atoms. The molecule has 0 fully saturated rings. The van der Waals surface area contributed by atoms with Crippen molar-refractivity contribution in [3.8, 4) is 0 Å². The Morgan fingerprint density at radius 1 is 1.41 bits per heavy atom. The average Bonchev–Trinajstić information content (AvgIpc) is 2.96. The van der Waals surface area contributed by atoms with Gasteiger partial charge in [0.05, 0.1) is 12.3 Å². The van der Waals surface area contributed by atoms with Crippen molar-refractivity contribution in [2.75, 3.05) is 6.54 Å². The number of nitrogens with one attached hydrogen (secondary N) is 1. The molecular weight excluding hydrogens is 285 g/mol. The van der Waals surface area contributed by atoms with Crippen molar-refractivity contribution in [2.24, 2.45) is 0 Å². The highest BCUT2D eigenvalue weighted by Crippen LogP contribution is 2.23. The van der Waals surface area contributed by atoms with Gasteiger partial charge in [0.2, 0.25) is 5.89 Å². The van der Waals surface area contributed by atoms with Crippen LogP contribution < -0.4 is 5.32 Å². The van der Waals surface area contributed by atoms with Crippen LogP contribution >= 0.6 is 0 Å². The van der Waals surface area contributed by atoms with Crippen LogP contribution in [0, 0.1) is 12.7 Å². The van der Waals surface area contributed by atoms with Crippen molar-refractivity contribution in [2.45, 2.75) is 31.9 Å². The highest BCUT2D eigenvalue weighted by molar-refractivity contribution is 5.26. The molecule has 6 heteroatoms. The first kappa shape index (κ1) is 14.7. The van der Waals surface area contributed by atoms with Crippen molar-refractivity contribution in [1.29, 1.82) is 0 Å². The monoisotopic (exact) mass is 303 g/mol. The van der Waals surface area contributed by atoms with E-state index in [1.165, 1.54) is 6.07 Å². The number of ether oxygens (including phenoxy) is 1. The minimum Gasteiger partial charge on any atom is -0.497 e. The normalized spacial score (nSPS) is 18.9. The van der Waals surface area contributed by atoms with Crippen LogP contribution in [-0.4, -0.2) is 22.8 Å². The largest absolute Gasteiger partial charge is 0.497 e.